The maximum atomic E-state index is 12.1. The van der Waals surface area contributed by atoms with Gasteiger partial charge in [-0.25, -0.2) is 0 Å². The lowest BCUT2D eigenvalue weighted by atomic mass is 9.83. The zero-order chi connectivity index (χ0) is 14.3. The molecule has 1 saturated heterocycles. The Morgan fingerprint density at radius 2 is 2.00 bits per heavy atom. The van der Waals surface area contributed by atoms with Crippen LogP contribution in [0.15, 0.2) is 18.5 Å². The first kappa shape index (κ1) is 13.6. The normalized spacial score (nSPS) is 28.1. The van der Waals surface area contributed by atoms with E-state index in [-0.39, 0.29) is 5.60 Å². The van der Waals surface area contributed by atoms with E-state index in [2.05, 4.69) is 4.57 Å². The van der Waals surface area contributed by atoms with Crippen molar-refractivity contribution in [3.8, 4) is 0 Å². The number of nitrogens with zero attached hydrogens (tertiary/aromatic N) is 1. The Hall–Kier alpha value is -1.09. The van der Waals surface area contributed by atoms with Crippen LogP contribution in [0.4, 0.5) is 0 Å². The summed E-state index contributed by atoms with van der Waals surface area (Å²) in [6, 6.07) is 1.98. The number of carbonyl (C=O) groups excluding carboxylic acids is 1. The van der Waals surface area contributed by atoms with E-state index >= 15 is 0 Å². The molecule has 4 rings (SSSR count). The van der Waals surface area contributed by atoms with Crippen molar-refractivity contribution in [1.82, 2.24) is 4.57 Å². The first-order chi connectivity index (χ1) is 10.2. The second-order valence-corrected chi connectivity index (χ2v) is 7.26. The van der Waals surface area contributed by atoms with Gasteiger partial charge in [0.1, 0.15) is 0 Å². The fourth-order valence-electron chi connectivity index (χ4n) is 4.10. The third-order valence-corrected chi connectivity index (χ3v) is 5.50. The molecule has 3 aliphatic rings. The number of hydrogen-bond donors (Lipinski definition) is 0. The molecular formula is C18H25NO2. The molecule has 3 fully saturated rings. The molecule has 0 amide bonds. The molecule has 1 aromatic heterocycles. The number of ketones is 1. The number of Topliss-reactive ketones (excluding diaryl/α,β-unsaturated/α-hetero) is 1. The maximum absolute atomic E-state index is 12.1. The van der Waals surface area contributed by atoms with Crippen LogP contribution in [-0.2, 0) is 11.3 Å². The Morgan fingerprint density at radius 3 is 2.76 bits per heavy atom. The van der Waals surface area contributed by atoms with Crippen molar-refractivity contribution >= 4 is 5.78 Å². The van der Waals surface area contributed by atoms with Gasteiger partial charge in [-0.2, -0.15) is 0 Å². The molecule has 3 nitrogen and oxygen atoms in total. The van der Waals surface area contributed by atoms with Gasteiger partial charge in [-0.15, -0.1) is 0 Å². The molecule has 2 heterocycles. The molecule has 114 valence electrons. The summed E-state index contributed by atoms with van der Waals surface area (Å²) in [4.78, 5) is 12.1. The van der Waals surface area contributed by atoms with Gasteiger partial charge in [0.25, 0.3) is 0 Å². The number of ether oxygens (including phenoxy) is 1. The Labute approximate surface area is 126 Å². The van der Waals surface area contributed by atoms with E-state index in [1.54, 1.807) is 0 Å². The highest BCUT2D eigenvalue weighted by Gasteiger charge is 2.40. The van der Waals surface area contributed by atoms with Crippen LogP contribution in [0.1, 0.15) is 68.1 Å². The van der Waals surface area contributed by atoms with Gasteiger partial charge in [-0.1, -0.05) is 19.3 Å². The molecule has 1 aromatic rings. The summed E-state index contributed by atoms with van der Waals surface area (Å²) in [6.45, 7) is 0.902. The Morgan fingerprint density at radius 1 is 1.19 bits per heavy atom. The minimum atomic E-state index is 0.197. The standard InChI is InChI=1S/C18H25NO2/c20-17(14-4-5-14)15-7-11-19(12-15)13-16-6-10-18(21-16)8-2-1-3-9-18/h7,11-12,14,16H,1-6,8-10,13H2. The molecule has 1 aliphatic heterocycles. The van der Waals surface area contributed by atoms with E-state index in [0.717, 1.165) is 24.9 Å². The van der Waals surface area contributed by atoms with Gasteiger partial charge in [-0.3, -0.25) is 4.79 Å². The van der Waals surface area contributed by atoms with Crippen LogP contribution < -0.4 is 0 Å². The van der Waals surface area contributed by atoms with Crippen LogP contribution in [0.2, 0.25) is 0 Å². The van der Waals surface area contributed by atoms with E-state index in [0.29, 0.717) is 17.8 Å². The summed E-state index contributed by atoms with van der Waals surface area (Å²) >= 11 is 0. The molecule has 0 radical (unpaired) electrons. The molecule has 0 aromatic carbocycles. The van der Waals surface area contributed by atoms with Gasteiger partial charge in [0.05, 0.1) is 11.7 Å². The Kier molecular flexibility index (Phi) is 3.41. The average molecular weight is 287 g/mol. The second-order valence-electron chi connectivity index (χ2n) is 7.26. The van der Waals surface area contributed by atoms with Crippen LogP contribution >= 0.6 is 0 Å². The summed E-state index contributed by atoms with van der Waals surface area (Å²) in [6.07, 6.45) is 15.5. The molecule has 21 heavy (non-hydrogen) atoms. The SMILES string of the molecule is O=C(c1ccn(CC2CCC3(CCCCC3)O2)c1)C1CC1. The predicted molar refractivity (Wildman–Crippen MR) is 81.4 cm³/mol. The lowest BCUT2D eigenvalue weighted by molar-refractivity contribution is -0.0679. The van der Waals surface area contributed by atoms with E-state index < -0.39 is 0 Å². The molecule has 2 saturated carbocycles. The summed E-state index contributed by atoms with van der Waals surface area (Å²) < 4.78 is 8.57. The maximum Gasteiger partial charge on any atom is 0.167 e. The van der Waals surface area contributed by atoms with Gasteiger partial charge in [0.2, 0.25) is 0 Å². The van der Waals surface area contributed by atoms with Crippen LogP contribution in [0.25, 0.3) is 0 Å². The Bertz CT molecular complexity index is 523. The summed E-state index contributed by atoms with van der Waals surface area (Å²) in [5.74, 6) is 0.652. The van der Waals surface area contributed by atoms with E-state index in [1.165, 1.54) is 44.9 Å². The number of carbonyl (C=O) groups is 1. The van der Waals surface area contributed by atoms with Crippen molar-refractivity contribution in [2.45, 2.75) is 76.0 Å². The highest BCUT2D eigenvalue weighted by atomic mass is 16.5. The third-order valence-electron chi connectivity index (χ3n) is 5.50. The highest BCUT2D eigenvalue weighted by Crippen LogP contribution is 2.42. The summed E-state index contributed by atoms with van der Waals surface area (Å²) in [7, 11) is 0. The van der Waals surface area contributed by atoms with Crippen molar-refractivity contribution in [3.63, 3.8) is 0 Å². The van der Waals surface area contributed by atoms with Crippen LogP contribution in [-0.4, -0.2) is 22.1 Å². The summed E-state index contributed by atoms with van der Waals surface area (Å²) in [5.41, 5.74) is 1.09. The third kappa shape index (κ3) is 2.80. The predicted octanol–water partition coefficient (Wildman–Crippen LogP) is 3.96. The molecule has 1 atom stereocenters. The number of rotatable bonds is 4. The van der Waals surface area contributed by atoms with Crippen molar-refractivity contribution in [3.05, 3.63) is 24.0 Å². The van der Waals surface area contributed by atoms with Gasteiger partial charge in [-0.05, 0) is 44.6 Å². The quantitative estimate of drug-likeness (QED) is 0.785. The lowest BCUT2D eigenvalue weighted by Crippen LogP contribution is -2.32. The van der Waals surface area contributed by atoms with Crippen molar-refractivity contribution in [1.29, 1.82) is 0 Å². The van der Waals surface area contributed by atoms with Crippen LogP contribution in [0.5, 0.6) is 0 Å². The second kappa shape index (κ2) is 5.28. The molecule has 2 aliphatic carbocycles. The molecule has 1 unspecified atom stereocenters. The van der Waals surface area contributed by atoms with Gasteiger partial charge >= 0.3 is 0 Å². The first-order valence-corrected chi connectivity index (χ1v) is 8.62. The smallest absolute Gasteiger partial charge is 0.167 e. The molecule has 0 bridgehead atoms. The van der Waals surface area contributed by atoms with Gasteiger partial charge < -0.3 is 9.30 Å². The van der Waals surface area contributed by atoms with Crippen LogP contribution in [0, 0.1) is 5.92 Å². The van der Waals surface area contributed by atoms with E-state index in [1.807, 2.05) is 18.5 Å². The van der Waals surface area contributed by atoms with Crippen molar-refractivity contribution in [2.24, 2.45) is 5.92 Å². The van der Waals surface area contributed by atoms with Crippen molar-refractivity contribution in [2.75, 3.05) is 0 Å². The molecular weight excluding hydrogens is 262 g/mol. The average Bonchev–Trinajstić information content (AvgIpc) is 3.14. The highest BCUT2D eigenvalue weighted by molar-refractivity contribution is 5.99. The fourth-order valence-corrected chi connectivity index (χ4v) is 4.10. The van der Waals surface area contributed by atoms with Gasteiger partial charge in [0, 0.05) is 30.4 Å². The molecule has 3 heteroatoms. The Balaban J connectivity index is 1.37. The topological polar surface area (TPSA) is 31.2 Å². The molecule has 0 N–H and O–H groups in total. The monoisotopic (exact) mass is 287 g/mol. The van der Waals surface area contributed by atoms with Crippen LogP contribution in [0.3, 0.4) is 0 Å². The molecule has 1 spiro atoms. The van der Waals surface area contributed by atoms with Crippen molar-refractivity contribution < 1.29 is 9.53 Å². The largest absolute Gasteiger partial charge is 0.370 e. The zero-order valence-electron chi connectivity index (χ0n) is 12.7. The number of hydrogen-bond acceptors (Lipinski definition) is 2. The minimum Gasteiger partial charge on any atom is -0.370 e. The first-order valence-electron chi connectivity index (χ1n) is 8.62. The lowest BCUT2D eigenvalue weighted by Gasteiger charge is -2.33. The zero-order valence-corrected chi connectivity index (χ0v) is 12.7. The fraction of sp³-hybridized carbons (Fsp3) is 0.722. The van der Waals surface area contributed by atoms with E-state index in [9.17, 15) is 4.79 Å². The number of aromatic nitrogens is 1. The van der Waals surface area contributed by atoms with E-state index in [4.69, 9.17) is 4.74 Å². The minimum absolute atomic E-state index is 0.197. The summed E-state index contributed by atoms with van der Waals surface area (Å²) in [5, 5.41) is 0. The van der Waals surface area contributed by atoms with Gasteiger partial charge in [0.15, 0.2) is 5.78 Å².